The standard InChI is InChI=1S/C17H26N4O2/c1-4-8-17(3,12-22)20-16(23)18-9-7-14-11-21-10-5-6-13(2)15(21)19-14/h5-6,10-11,22H,4,7-9,12H2,1-3H3,(H2,18,20,23). The van der Waals surface area contributed by atoms with Crippen LogP contribution < -0.4 is 10.6 Å². The lowest BCUT2D eigenvalue weighted by Gasteiger charge is -2.28. The Morgan fingerprint density at radius 3 is 2.91 bits per heavy atom. The number of hydrogen-bond acceptors (Lipinski definition) is 3. The third-order valence-electron chi connectivity index (χ3n) is 3.96. The van der Waals surface area contributed by atoms with Gasteiger partial charge in [-0.25, -0.2) is 9.78 Å². The number of urea groups is 1. The zero-order chi connectivity index (χ0) is 16.9. The fraction of sp³-hybridized carbons (Fsp3) is 0.529. The topological polar surface area (TPSA) is 78.7 Å². The minimum absolute atomic E-state index is 0.0695. The molecule has 1 atom stereocenters. The highest BCUT2D eigenvalue weighted by Gasteiger charge is 2.24. The van der Waals surface area contributed by atoms with Crippen LogP contribution in [-0.4, -0.2) is 39.2 Å². The molecule has 2 rings (SSSR count). The van der Waals surface area contributed by atoms with Gasteiger partial charge in [-0.05, 0) is 31.9 Å². The number of aliphatic hydroxyl groups is 1. The van der Waals surface area contributed by atoms with Crippen molar-refractivity contribution in [2.45, 2.75) is 45.6 Å². The Morgan fingerprint density at radius 2 is 2.26 bits per heavy atom. The number of aromatic nitrogens is 2. The first-order valence-corrected chi connectivity index (χ1v) is 8.07. The van der Waals surface area contributed by atoms with Crippen molar-refractivity contribution in [3.8, 4) is 0 Å². The predicted octanol–water partition coefficient (Wildman–Crippen LogP) is 2.04. The summed E-state index contributed by atoms with van der Waals surface area (Å²) in [6.07, 6.45) is 6.26. The first-order valence-electron chi connectivity index (χ1n) is 8.07. The van der Waals surface area contributed by atoms with E-state index in [1.807, 2.05) is 49.7 Å². The number of carbonyl (C=O) groups excluding carboxylic acids is 1. The Bertz CT molecular complexity index is 668. The van der Waals surface area contributed by atoms with Crippen LogP contribution in [0.2, 0.25) is 0 Å². The van der Waals surface area contributed by atoms with E-state index in [-0.39, 0.29) is 12.6 Å². The maximum atomic E-state index is 11.9. The number of rotatable bonds is 7. The SMILES string of the molecule is CCCC(C)(CO)NC(=O)NCCc1cn2cccc(C)c2n1. The normalized spacial score (nSPS) is 13.7. The van der Waals surface area contributed by atoms with Crippen LogP contribution in [0.1, 0.15) is 37.9 Å². The van der Waals surface area contributed by atoms with E-state index in [0.29, 0.717) is 13.0 Å². The van der Waals surface area contributed by atoms with Crippen molar-refractivity contribution in [3.05, 3.63) is 35.8 Å². The molecule has 0 radical (unpaired) electrons. The molecule has 0 saturated heterocycles. The molecule has 0 spiro atoms. The van der Waals surface area contributed by atoms with Crippen molar-refractivity contribution in [1.82, 2.24) is 20.0 Å². The predicted molar refractivity (Wildman–Crippen MR) is 90.6 cm³/mol. The molecule has 6 heteroatoms. The van der Waals surface area contributed by atoms with Crippen molar-refractivity contribution >= 4 is 11.7 Å². The second kappa shape index (κ2) is 7.46. The Hall–Kier alpha value is -2.08. The number of aliphatic hydroxyl groups excluding tert-OH is 1. The molecule has 0 aliphatic carbocycles. The van der Waals surface area contributed by atoms with Gasteiger partial charge in [-0.2, -0.15) is 0 Å². The maximum absolute atomic E-state index is 11.9. The molecule has 0 aliphatic heterocycles. The van der Waals surface area contributed by atoms with Crippen LogP contribution in [0.3, 0.4) is 0 Å². The van der Waals surface area contributed by atoms with Crippen LogP contribution >= 0.6 is 0 Å². The third-order valence-corrected chi connectivity index (χ3v) is 3.96. The second-order valence-electron chi connectivity index (χ2n) is 6.25. The molecule has 0 aliphatic rings. The lowest BCUT2D eigenvalue weighted by atomic mass is 9.98. The van der Waals surface area contributed by atoms with Gasteiger partial charge in [-0.1, -0.05) is 19.4 Å². The monoisotopic (exact) mass is 318 g/mol. The van der Waals surface area contributed by atoms with E-state index < -0.39 is 5.54 Å². The van der Waals surface area contributed by atoms with Crippen molar-refractivity contribution in [1.29, 1.82) is 0 Å². The summed E-state index contributed by atoms with van der Waals surface area (Å²) in [4.78, 5) is 16.5. The highest BCUT2D eigenvalue weighted by atomic mass is 16.3. The number of nitrogens with one attached hydrogen (secondary N) is 2. The molecule has 0 aromatic carbocycles. The van der Waals surface area contributed by atoms with Crippen LogP contribution in [0.15, 0.2) is 24.5 Å². The van der Waals surface area contributed by atoms with Gasteiger partial charge in [-0.3, -0.25) is 0 Å². The summed E-state index contributed by atoms with van der Waals surface area (Å²) in [6, 6.07) is 3.76. The Labute approximate surface area is 136 Å². The van der Waals surface area contributed by atoms with Crippen LogP contribution in [0.5, 0.6) is 0 Å². The highest BCUT2D eigenvalue weighted by molar-refractivity contribution is 5.74. The van der Waals surface area contributed by atoms with E-state index in [2.05, 4.69) is 15.6 Å². The minimum atomic E-state index is -0.570. The first kappa shape index (κ1) is 17.3. The summed E-state index contributed by atoms with van der Waals surface area (Å²) < 4.78 is 1.99. The average Bonchev–Trinajstić information content (AvgIpc) is 2.92. The van der Waals surface area contributed by atoms with Gasteiger partial charge >= 0.3 is 6.03 Å². The zero-order valence-corrected chi connectivity index (χ0v) is 14.1. The molecule has 1 unspecified atom stereocenters. The second-order valence-corrected chi connectivity index (χ2v) is 6.25. The van der Waals surface area contributed by atoms with Crippen molar-refractivity contribution in [2.24, 2.45) is 0 Å². The molecular formula is C17H26N4O2. The molecule has 2 aromatic rings. The summed E-state index contributed by atoms with van der Waals surface area (Å²) in [7, 11) is 0. The molecular weight excluding hydrogens is 292 g/mol. The zero-order valence-electron chi connectivity index (χ0n) is 14.1. The largest absolute Gasteiger partial charge is 0.394 e. The fourth-order valence-electron chi connectivity index (χ4n) is 2.68. The summed E-state index contributed by atoms with van der Waals surface area (Å²) in [5.41, 5.74) is 2.45. The van der Waals surface area contributed by atoms with Crippen molar-refractivity contribution in [2.75, 3.05) is 13.2 Å². The number of nitrogens with zero attached hydrogens (tertiary/aromatic N) is 2. The van der Waals surface area contributed by atoms with Crippen LogP contribution in [-0.2, 0) is 6.42 Å². The summed E-state index contributed by atoms with van der Waals surface area (Å²) >= 11 is 0. The number of pyridine rings is 1. The fourth-order valence-corrected chi connectivity index (χ4v) is 2.68. The van der Waals surface area contributed by atoms with Gasteiger partial charge in [-0.15, -0.1) is 0 Å². The smallest absolute Gasteiger partial charge is 0.315 e. The molecule has 3 N–H and O–H groups in total. The number of carbonyl (C=O) groups is 1. The Morgan fingerprint density at radius 1 is 1.48 bits per heavy atom. The Balaban J connectivity index is 1.86. The Kier molecular flexibility index (Phi) is 5.60. The lowest BCUT2D eigenvalue weighted by molar-refractivity contribution is 0.163. The van der Waals surface area contributed by atoms with Crippen LogP contribution in [0.25, 0.3) is 5.65 Å². The van der Waals surface area contributed by atoms with Crippen molar-refractivity contribution in [3.63, 3.8) is 0 Å². The number of hydrogen-bond donors (Lipinski definition) is 3. The molecule has 2 amide bonds. The lowest BCUT2D eigenvalue weighted by Crippen LogP contribution is -2.52. The van der Waals surface area contributed by atoms with E-state index in [1.54, 1.807) is 0 Å². The first-order chi connectivity index (χ1) is 11.0. The number of imidazole rings is 1. The maximum Gasteiger partial charge on any atom is 0.315 e. The van der Waals surface area contributed by atoms with E-state index in [9.17, 15) is 9.90 Å². The molecule has 23 heavy (non-hydrogen) atoms. The quantitative estimate of drug-likeness (QED) is 0.731. The molecule has 0 bridgehead atoms. The molecule has 126 valence electrons. The van der Waals surface area contributed by atoms with E-state index in [1.165, 1.54) is 0 Å². The number of amides is 2. The van der Waals surface area contributed by atoms with Crippen LogP contribution in [0.4, 0.5) is 4.79 Å². The van der Waals surface area contributed by atoms with E-state index in [0.717, 1.165) is 29.7 Å². The van der Waals surface area contributed by atoms with Gasteiger partial charge in [0.25, 0.3) is 0 Å². The summed E-state index contributed by atoms with van der Waals surface area (Å²) in [6.45, 7) is 6.34. The third kappa shape index (κ3) is 4.45. The van der Waals surface area contributed by atoms with Crippen LogP contribution in [0, 0.1) is 6.92 Å². The summed E-state index contributed by atoms with van der Waals surface area (Å²) in [5.74, 6) is 0. The van der Waals surface area contributed by atoms with Gasteiger partial charge in [0.2, 0.25) is 0 Å². The molecule has 6 nitrogen and oxygen atoms in total. The van der Waals surface area contributed by atoms with Gasteiger partial charge in [0, 0.05) is 25.4 Å². The van der Waals surface area contributed by atoms with Gasteiger partial charge < -0.3 is 20.1 Å². The van der Waals surface area contributed by atoms with E-state index >= 15 is 0 Å². The molecule has 0 fully saturated rings. The highest BCUT2D eigenvalue weighted by Crippen LogP contribution is 2.11. The number of fused-ring (bicyclic) bond motifs is 1. The van der Waals surface area contributed by atoms with E-state index in [4.69, 9.17) is 0 Å². The van der Waals surface area contributed by atoms with Gasteiger partial charge in [0.1, 0.15) is 5.65 Å². The average molecular weight is 318 g/mol. The molecule has 2 heterocycles. The summed E-state index contributed by atoms with van der Waals surface area (Å²) in [5, 5.41) is 15.1. The minimum Gasteiger partial charge on any atom is -0.394 e. The molecule has 0 saturated carbocycles. The van der Waals surface area contributed by atoms with Gasteiger partial charge in [0.15, 0.2) is 0 Å². The molecule has 2 aromatic heterocycles. The van der Waals surface area contributed by atoms with Crippen molar-refractivity contribution < 1.29 is 9.90 Å². The number of aryl methyl sites for hydroxylation is 1. The van der Waals surface area contributed by atoms with Gasteiger partial charge in [0.05, 0.1) is 17.8 Å².